The summed E-state index contributed by atoms with van der Waals surface area (Å²) in [7, 11) is -3.10. The van der Waals surface area contributed by atoms with E-state index in [0.717, 1.165) is 0 Å². The van der Waals surface area contributed by atoms with Crippen molar-refractivity contribution in [2.75, 3.05) is 11.1 Å². The van der Waals surface area contributed by atoms with E-state index in [1.165, 1.54) is 17.5 Å². The van der Waals surface area contributed by atoms with Crippen LogP contribution in [-0.4, -0.2) is 30.2 Å². The van der Waals surface area contributed by atoms with E-state index in [1.807, 2.05) is 0 Å². The number of halogens is 1. The van der Waals surface area contributed by atoms with Crippen LogP contribution in [-0.2, 0) is 9.84 Å². The number of benzene rings is 1. The molecule has 0 saturated carbocycles. The van der Waals surface area contributed by atoms with Gasteiger partial charge in [-0.05, 0) is 24.3 Å². The predicted molar refractivity (Wildman–Crippen MR) is 66.4 cm³/mol. The van der Waals surface area contributed by atoms with E-state index in [1.54, 1.807) is 12.1 Å². The van der Waals surface area contributed by atoms with Crippen LogP contribution in [0.1, 0.15) is 0 Å². The molecule has 2 N–H and O–H groups in total. The average molecular weight is 267 g/mol. The van der Waals surface area contributed by atoms with Crippen molar-refractivity contribution < 1.29 is 12.8 Å². The van der Waals surface area contributed by atoms with Gasteiger partial charge in [0.25, 0.3) is 0 Å². The van der Waals surface area contributed by atoms with Gasteiger partial charge in [-0.25, -0.2) is 17.8 Å². The predicted octanol–water partition coefficient (Wildman–Crippen LogP) is 1.42. The molecule has 1 unspecified atom stereocenters. The number of H-pyrrole nitrogens is 1. The van der Waals surface area contributed by atoms with Gasteiger partial charge in [0.1, 0.15) is 5.82 Å². The minimum absolute atomic E-state index is 0.0123. The molecule has 0 fully saturated rings. The number of sulfone groups is 1. The lowest BCUT2D eigenvalue weighted by molar-refractivity contribution is 0.605. The van der Waals surface area contributed by atoms with Crippen LogP contribution in [0.4, 0.5) is 10.3 Å². The van der Waals surface area contributed by atoms with Crippen LogP contribution in [0.5, 0.6) is 0 Å². The quantitative estimate of drug-likeness (QED) is 0.863. The second-order valence-corrected chi connectivity index (χ2v) is 6.09. The Morgan fingerprint density at radius 2 is 2.28 bits per heavy atom. The molecule has 0 radical (unpaired) electrons. The highest BCUT2D eigenvalue weighted by molar-refractivity contribution is 7.94. The molecule has 2 heterocycles. The second-order valence-electron chi connectivity index (χ2n) is 4.16. The number of rotatable bonds is 2. The maximum atomic E-state index is 13.0. The van der Waals surface area contributed by atoms with Crippen LogP contribution in [0.3, 0.4) is 0 Å². The summed E-state index contributed by atoms with van der Waals surface area (Å²) in [6.07, 6.45) is 1.57. The highest BCUT2D eigenvalue weighted by Crippen LogP contribution is 2.18. The number of aromatic nitrogens is 2. The van der Waals surface area contributed by atoms with E-state index in [9.17, 15) is 12.8 Å². The number of anilines is 1. The monoisotopic (exact) mass is 267 g/mol. The standard InChI is InChI=1S/C11H10FN3O2S/c12-7-1-2-9-10(5-7)15-11(14-9)13-8-3-4-18(16,17)6-8/h1-5,8H,6H2,(H2,13,14,15). The van der Waals surface area contributed by atoms with Crippen LogP contribution in [0.25, 0.3) is 11.0 Å². The molecule has 1 aromatic carbocycles. The maximum Gasteiger partial charge on any atom is 0.201 e. The van der Waals surface area contributed by atoms with Crippen LogP contribution >= 0.6 is 0 Å². The minimum atomic E-state index is -3.10. The molecule has 1 aliphatic rings. The van der Waals surface area contributed by atoms with Crippen LogP contribution < -0.4 is 5.32 Å². The van der Waals surface area contributed by atoms with E-state index in [0.29, 0.717) is 17.0 Å². The summed E-state index contributed by atoms with van der Waals surface area (Å²) in [5, 5.41) is 4.14. The summed E-state index contributed by atoms with van der Waals surface area (Å²) in [5.74, 6) is 0.0988. The fourth-order valence-corrected chi connectivity index (χ4v) is 3.13. The first-order valence-corrected chi connectivity index (χ1v) is 7.06. The average Bonchev–Trinajstić information content (AvgIpc) is 2.81. The summed E-state index contributed by atoms with van der Waals surface area (Å²) in [5.41, 5.74) is 1.20. The summed E-state index contributed by atoms with van der Waals surface area (Å²) in [6.45, 7) is 0. The molecule has 1 atom stereocenters. The van der Waals surface area contributed by atoms with Gasteiger partial charge in [0.05, 0.1) is 22.8 Å². The van der Waals surface area contributed by atoms with Gasteiger partial charge in [0.2, 0.25) is 5.95 Å². The lowest BCUT2D eigenvalue weighted by Crippen LogP contribution is -2.21. The third-order valence-electron chi connectivity index (χ3n) is 2.70. The van der Waals surface area contributed by atoms with Gasteiger partial charge in [-0.3, -0.25) is 0 Å². The van der Waals surface area contributed by atoms with Gasteiger partial charge in [-0.15, -0.1) is 0 Å². The van der Waals surface area contributed by atoms with Crippen molar-refractivity contribution in [1.29, 1.82) is 0 Å². The SMILES string of the molecule is O=S1(=O)C=CC(Nc2nc3ccc(F)cc3[nH]2)C1. The number of nitrogens with zero attached hydrogens (tertiary/aromatic N) is 1. The molecule has 3 rings (SSSR count). The number of aromatic amines is 1. The van der Waals surface area contributed by atoms with Crippen molar-refractivity contribution in [3.8, 4) is 0 Å². The van der Waals surface area contributed by atoms with Crippen LogP contribution in [0, 0.1) is 5.82 Å². The molecule has 1 aromatic heterocycles. The van der Waals surface area contributed by atoms with E-state index < -0.39 is 9.84 Å². The van der Waals surface area contributed by atoms with Crippen molar-refractivity contribution in [3.63, 3.8) is 0 Å². The second kappa shape index (κ2) is 3.81. The minimum Gasteiger partial charge on any atom is -0.349 e. The first-order chi connectivity index (χ1) is 8.52. The summed E-state index contributed by atoms with van der Waals surface area (Å²) in [6, 6.07) is 3.93. The fourth-order valence-electron chi connectivity index (χ4n) is 1.89. The third-order valence-corrected chi connectivity index (χ3v) is 4.09. The Balaban J connectivity index is 1.86. The Labute approximate surface area is 103 Å². The summed E-state index contributed by atoms with van der Waals surface area (Å²) < 4.78 is 35.5. The van der Waals surface area contributed by atoms with Gasteiger partial charge < -0.3 is 10.3 Å². The molecule has 7 heteroatoms. The Kier molecular flexibility index (Phi) is 2.37. The Morgan fingerprint density at radius 3 is 3.00 bits per heavy atom. The zero-order valence-corrected chi connectivity index (χ0v) is 10.0. The molecular weight excluding hydrogens is 257 g/mol. The lowest BCUT2D eigenvalue weighted by atomic mass is 10.3. The smallest absolute Gasteiger partial charge is 0.201 e. The van der Waals surface area contributed by atoms with Crippen molar-refractivity contribution in [2.45, 2.75) is 6.04 Å². The molecule has 0 spiro atoms. The van der Waals surface area contributed by atoms with Gasteiger partial charge >= 0.3 is 0 Å². The fraction of sp³-hybridized carbons (Fsp3) is 0.182. The van der Waals surface area contributed by atoms with Gasteiger partial charge in [0, 0.05) is 5.41 Å². The molecule has 0 saturated heterocycles. The number of nitrogens with one attached hydrogen (secondary N) is 2. The molecule has 0 amide bonds. The molecule has 0 bridgehead atoms. The van der Waals surface area contributed by atoms with E-state index >= 15 is 0 Å². The lowest BCUT2D eigenvalue weighted by Gasteiger charge is -2.07. The van der Waals surface area contributed by atoms with Crippen molar-refractivity contribution in [2.24, 2.45) is 0 Å². The van der Waals surface area contributed by atoms with Gasteiger partial charge in [-0.1, -0.05) is 0 Å². The summed E-state index contributed by atoms with van der Waals surface area (Å²) >= 11 is 0. The summed E-state index contributed by atoms with van der Waals surface area (Å²) in [4.78, 5) is 7.10. The van der Waals surface area contributed by atoms with E-state index in [-0.39, 0.29) is 17.6 Å². The Bertz CT molecular complexity index is 736. The first-order valence-electron chi connectivity index (χ1n) is 5.35. The van der Waals surface area contributed by atoms with Crippen LogP contribution in [0.15, 0.2) is 29.7 Å². The van der Waals surface area contributed by atoms with Crippen molar-refractivity contribution in [1.82, 2.24) is 9.97 Å². The van der Waals surface area contributed by atoms with Gasteiger partial charge in [-0.2, -0.15) is 0 Å². The van der Waals surface area contributed by atoms with Crippen molar-refractivity contribution >= 4 is 26.8 Å². The van der Waals surface area contributed by atoms with E-state index in [4.69, 9.17) is 0 Å². The molecule has 18 heavy (non-hydrogen) atoms. The number of imidazole rings is 1. The van der Waals surface area contributed by atoms with Crippen LogP contribution in [0.2, 0.25) is 0 Å². The van der Waals surface area contributed by atoms with E-state index in [2.05, 4.69) is 15.3 Å². The topological polar surface area (TPSA) is 74.8 Å². The number of hydrogen-bond acceptors (Lipinski definition) is 4. The molecule has 2 aromatic rings. The first kappa shape index (κ1) is 11.2. The molecule has 94 valence electrons. The molecule has 0 aliphatic carbocycles. The number of fused-ring (bicyclic) bond motifs is 1. The number of hydrogen-bond donors (Lipinski definition) is 2. The normalized spacial score (nSPS) is 21.5. The van der Waals surface area contributed by atoms with Gasteiger partial charge in [0.15, 0.2) is 9.84 Å². The molecule has 5 nitrogen and oxygen atoms in total. The Hall–Kier alpha value is -1.89. The maximum absolute atomic E-state index is 13.0. The molecular formula is C11H10FN3O2S. The zero-order valence-electron chi connectivity index (χ0n) is 9.22. The molecule has 1 aliphatic heterocycles. The Morgan fingerprint density at radius 1 is 1.44 bits per heavy atom. The third kappa shape index (κ3) is 2.08. The highest BCUT2D eigenvalue weighted by atomic mass is 32.2. The highest BCUT2D eigenvalue weighted by Gasteiger charge is 2.22. The van der Waals surface area contributed by atoms with Crippen molar-refractivity contribution in [3.05, 3.63) is 35.5 Å². The largest absolute Gasteiger partial charge is 0.349 e. The zero-order chi connectivity index (χ0) is 12.8.